The van der Waals surface area contributed by atoms with Gasteiger partial charge < -0.3 is 15.0 Å². The maximum atomic E-state index is 13.1. The van der Waals surface area contributed by atoms with E-state index in [0.29, 0.717) is 26.1 Å². The van der Waals surface area contributed by atoms with Crippen molar-refractivity contribution < 1.29 is 18.7 Å². The van der Waals surface area contributed by atoms with Gasteiger partial charge in [-0.15, -0.1) is 0 Å². The summed E-state index contributed by atoms with van der Waals surface area (Å²) in [6.45, 7) is 5.44. The number of amides is 2. The number of hydrogen-bond donors (Lipinski definition) is 1. The standard InChI is InChI=1S/C20H29FN2O3/c1-3-5-16(15-6-8-17(21)9-7-15)14-19(24)22-18-10-12-23(13-11-18)20(25)26-4-2/h6-9,16,18H,3-5,10-14H2,1-2H3,(H,22,24). The second kappa shape index (κ2) is 10.1. The van der Waals surface area contributed by atoms with Crippen molar-refractivity contribution in [3.63, 3.8) is 0 Å². The molecule has 0 aromatic heterocycles. The summed E-state index contributed by atoms with van der Waals surface area (Å²) in [7, 11) is 0. The molecule has 1 N–H and O–H groups in total. The van der Waals surface area contributed by atoms with Gasteiger partial charge in [-0.1, -0.05) is 25.5 Å². The molecule has 1 atom stereocenters. The SMILES string of the molecule is CCCC(CC(=O)NC1CCN(C(=O)OCC)CC1)c1ccc(F)cc1. The minimum absolute atomic E-state index is 0.0161. The van der Waals surface area contributed by atoms with Crippen molar-refractivity contribution in [1.82, 2.24) is 10.2 Å². The first kappa shape index (κ1) is 20.2. The van der Waals surface area contributed by atoms with Crippen LogP contribution in [0.1, 0.15) is 57.4 Å². The van der Waals surface area contributed by atoms with E-state index in [9.17, 15) is 14.0 Å². The van der Waals surface area contributed by atoms with Crippen molar-refractivity contribution in [2.45, 2.75) is 57.9 Å². The summed E-state index contributed by atoms with van der Waals surface area (Å²) in [5, 5.41) is 3.09. The zero-order valence-corrected chi connectivity index (χ0v) is 15.7. The van der Waals surface area contributed by atoms with Gasteiger partial charge in [0.15, 0.2) is 0 Å². The third-order valence-corrected chi connectivity index (χ3v) is 4.80. The molecule has 0 bridgehead atoms. The fraction of sp³-hybridized carbons (Fsp3) is 0.600. The van der Waals surface area contributed by atoms with Crippen LogP contribution >= 0.6 is 0 Å². The Morgan fingerprint density at radius 1 is 1.23 bits per heavy atom. The smallest absolute Gasteiger partial charge is 0.409 e. The number of nitrogens with one attached hydrogen (secondary N) is 1. The lowest BCUT2D eigenvalue weighted by molar-refractivity contribution is -0.122. The molecular formula is C20H29FN2O3. The van der Waals surface area contributed by atoms with Gasteiger partial charge in [-0.05, 0) is 49.8 Å². The molecule has 1 aromatic carbocycles. The van der Waals surface area contributed by atoms with E-state index < -0.39 is 0 Å². The molecule has 0 saturated carbocycles. The number of carbonyl (C=O) groups is 2. The second-order valence-electron chi connectivity index (χ2n) is 6.77. The summed E-state index contributed by atoms with van der Waals surface area (Å²) in [6, 6.07) is 6.51. The van der Waals surface area contributed by atoms with Crippen molar-refractivity contribution in [3.8, 4) is 0 Å². The highest BCUT2D eigenvalue weighted by molar-refractivity contribution is 5.77. The zero-order valence-electron chi connectivity index (χ0n) is 15.7. The molecule has 1 aromatic rings. The first-order valence-electron chi connectivity index (χ1n) is 9.50. The molecule has 144 valence electrons. The van der Waals surface area contributed by atoms with Crippen molar-refractivity contribution >= 4 is 12.0 Å². The highest BCUT2D eigenvalue weighted by atomic mass is 19.1. The third-order valence-electron chi connectivity index (χ3n) is 4.80. The summed E-state index contributed by atoms with van der Waals surface area (Å²) >= 11 is 0. The summed E-state index contributed by atoms with van der Waals surface area (Å²) in [6.07, 6.45) is 3.45. The van der Waals surface area contributed by atoms with Crippen LogP contribution in [0.2, 0.25) is 0 Å². The fourth-order valence-electron chi connectivity index (χ4n) is 3.40. The van der Waals surface area contributed by atoms with E-state index in [1.54, 1.807) is 24.0 Å². The number of nitrogens with zero attached hydrogens (tertiary/aromatic N) is 1. The van der Waals surface area contributed by atoms with Gasteiger partial charge in [0.05, 0.1) is 6.61 Å². The number of carbonyl (C=O) groups excluding carboxylic acids is 2. The quantitative estimate of drug-likeness (QED) is 0.800. The fourth-order valence-corrected chi connectivity index (χ4v) is 3.40. The van der Waals surface area contributed by atoms with Crippen LogP contribution in [0.3, 0.4) is 0 Å². The summed E-state index contributed by atoms with van der Waals surface area (Å²) in [5.41, 5.74) is 1.00. The normalized spacial score (nSPS) is 16.2. The van der Waals surface area contributed by atoms with E-state index >= 15 is 0 Å². The largest absolute Gasteiger partial charge is 0.450 e. The average Bonchev–Trinajstić information content (AvgIpc) is 2.63. The molecule has 1 aliphatic heterocycles. The molecule has 0 radical (unpaired) electrons. The van der Waals surface area contributed by atoms with Crippen molar-refractivity contribution in [3.05, 3.63) is 35.6 Å². The Kier molecular flexibility index (Phi) is 7.88. The van der Waals surface area contributed by atoms with Gasteiger partial charge in [0.25, 0.3) is 0 Å². The topological polar surface area (TPSA) is 58.6 Å². The lowest BCUT2D eigenvalue weighted by Crippen LogP contribution is -2.46. The van der Waals surface area contributed by atoms with Crippen LogP contribution in [-0.2, 0) is 9.53 Å². The van der Waals surface area contributed by atoms with E-state index in [2.05, 4.69) is 12.2 Å². The molecule has 2 amide bonds. The molecule has 5 nitrogen and oxygen atoms in total. The Bertz CT molecular complexity index is 583. The summed E-state index contributed by atoms with van der Waals surface area (Å²) < 4.78 is 18.1. The van der Waals surface area contributed by atoms with Crippen molar-refractivity contribution in [2.24, 2.45) is 0 Å². The van der Waals surface area contributed by atoms with Gasteiger partial charge in [-0.25, -0.2) is 9.18 Å². The molecule has 2 rings (SSSR count). The molecule has 1 heterocycles. The molecule has 1 unspecified atom stereocenters. The maximum absolute atomic E-state index is 13.1. The molecular weight excluding hydrogens is 335 g/mol. The van der Waals surface area contributed by atoms with Gasteiger partial charge in [-0.3, -0.25) is 4.79 Å². The first-order chi connectivity index (χ1) is 12.5. The van der Waals surface area contributed by atoms with Crippen LogP contribution in [0.15, 0.2) is 24.3 Å². The van der Waals surface area contributed by atoms with E-state index in [-0.39, 0.29) is 29.8 Å². The van der Waals surface area contributed by atoms with E-state index in [0.717, 1.165) is 31.2 Å². The number of rotatable bonds is 7. The summed E-state index contributed by atoms with van der Waals surface area (Å²) in [4.78, 5) is 25.9. The maximum Gasteiger partial charge on any atom is 0.409 e. The van der Waals surface area contributed by atoms with Gasteiger partial charge in [-0.2, -0.15) is 0 Å². The van der Waals surface area contributed by atoms with Gasteiger partial charge in [0.1, 0.15) is 5.82 Å². The molecule has 1 fully saturated rings. The average molecular weight is 364 g/mol. The monoisotopic (exact) mass is 364 g/mol. The summed E-state index contributed by atoms with van der Waals surface area (Å²) in [5.74, 6) is -0.149. The minimum Gasteiger partial charge on any atom is -0.450 e. The van der Waals surface area contributed by atoms with Crippen molar-refractivity contribution in [1.29, 1.82) is 0 Å². The van der Waals surface area contributed by atoms with Crippen molar-refractivity contribution in [2.75, 3.05) is 19.7 Å². The first-order valence-corrected chi connectivity index (χ1v) is 9.50. The lowest BCUT2D eigenvalue weighted by atomic mass is 9.91. The van der Waals surface area contributed by atoms with Crippen LogP contribution in [-0.4, -0.2) is 42.6 Å². The van der Waals surface area contributed by atoms with Crippen LogP contribution in [0.25, 0.3) is 0 Å². The Morgan fingerprint density at radius 3 is 2.46 bits per heavy atom. The number of halogens is 1. The predicted octanol–water partition coefficient (Wildman–Crippen LogP) is 3.84. The Labute approximate surface area is 154 Å². The Morgan fingerprint density at radius 2 is 1.88 bits per heavy atom. The highest BCUT2D eigenvalue weighted by Crippen LogP contribution is 2.25. The van der Waals surface area contributed by atoms with Gasteiger partial charge >= 0.3 is 6.09 Å². The number of piperidine rings is 1. The number of likely N-dealkylation sites (tertiary alicyclic amines) is 1. The minimum atomic E-state index is -0.281. The van der Waals surface area contributed by atoms with E-state index in [1.165, 1.54) is 12.1 Å². The second-order valence-corrected chi connectivity index (χ2v) is 6.77. The Hall–Kier alpha value is -2.11. The van der Waals surface area contributed by atoms with Crippen LogP contribution < -0.4 is 5.32 Å². The molecule has 1 aliphatic rings. The van der Waals surface area contributed by atoms with Crippen LogP contribution in [0.5, 0.6) is 0 Å². The van der Waals surface area contributed by atoms with E-state index in [1.807, 2.05) is 0 Å². The number of benzene rings is 1. The predicted molar refractivity (Wildman–Crippen MR) is 98.4 cm³/mol. The third kappa shape index (κ3) is 6.00. The number of hydrogen-bond acceptors (Lipinski definition) is 3. The Balaban J connectivity index is 1.83. The van der Waals surface area contributed by atoms with Gasteiger partial charge in [0, 0.05) is 25.6 Å². The van der Waals surface area contributed by atoms with E-state index in [4.69, 9.17) is 4.74 Å². The highest BCUT2D eigenvalue weighted by Gasteiger charge is 2.25. The molecule has 1 saturated heterocycles. The lowest BCUT2D eigenvalue weighted by Gasteiger charge is -2.32. The molecule has 6 heteroatoms. The van der Waals surface area contributed by atoms with Crippen LogP contribution in [0, 0.1) is 5.82 Å². The molecule has 0 spiro atoms. The zero-order chi connectivity index (χ0) is 18.9. The van der Waals surface area contributed by atoms with Gasteiger partial charge in [0.2, 0.25) is 5.91 Å². The number of ether oxygens (including phenoxy) is 1. The molecule has 0 aliphatic carbocycles. The molecule has 26 heavy (non-hydrogen) atoms. The van der Waals surface area contributed by atoms with Crippen LogP contribution in [0.4, 0.5) is 9.18 Å².